The van der Waals surface area contributed by atoms with Gasteiger partial charge < -0.3 is 40.3 Å². The van der Waals surface area contributed by atoms with Gasteiger partial charge in [-0.3, -0.25) is 4.79 Å². The van der Waals surface area contributed by atoms with Crippen LogP contribution in [0.2, 0.25) is 0 Å². The lowest BCUT2D eigenvalue weighted by atomic mass is 9.99. The smallest absolute Gasteiger partial charge is 0.220 e. The fourth-order valence-corrected chi connectivity index (χ4v) is 8.39. The summed E-state index contributed by atoms with van der Waals surface area (Å²) in [6, 6.07) is -0.842. The van der Waals surface area contributed by atoms with Crippen LogP contribution in [0.15, 0.2) is 97.2 Å². The lowest BCUT2D eigenvalue weighted by Gasteiger charge is -2.40. The van der Waals surface area contributed by atoms with Crippen LogP contribution in [0.4, 0.5) is 0 Å². The number of rotatable bonds is 47. The Kier molecular flexibility index (Phi) is 46.2. The topological polar surface area (TPSA) is 149 Å². The molecule has 7 atom stereocenters. The highest BCUT2D eigenvalue weighted by molar-refractivity contribution is 5.76. The van der Waals surface area contributed by atoms with E-state index in [4.69, 9.17) is 9.47 Å². The van der Waals surface area contributed by atoms with E-state index < -0.39 is 49.5 Å². The fraction of sp³-hybridized carbons (Fsp3) is 0.721. The molecule has 1 rings (SSSR count). The van der Waals surface area contributed by atoms with E-state index in [0.29, 0.717) is 6.42 Å². The largest absolute Gasteiger partial charge is 0.394 e. The van der Waals surface area contributed by atoms with Crippen molar-refractivity contribution in [3.63, 3.8) is 0 Å². The molecule has 402 valence electrons. The number of amides is 1. The molecule has 7 unspecified atom stereocenters. The normalized spacial score (nSPS) is 20.1. The summed E-state index contributed by atoms with van der Waals surface area (Å²) >= 11 is 0. The van der Waals surface area contributed by atoms with Crippen LogP contribution in [0.25, 0.3) is 0 Å². The Morgan fingerprint density at radius 3 is 1.37 bits per heavy atom. The lowest BCUT2D eigenvalue weighted by Crippen LogP contribution is -2.60. The summed E-state index contributed by atoms with van der Waals surface area (Å²) in [6.45, 7) is 3.64. The van der Waals surface area contributed by atoms with Crippen molar-refractivity contribution in [2.45, 2.75) is 269 Å². The second-order valence-corrected chi connectivity index (χ2v) is 19.3. The van der Waals surface area contributed by atoms with E-state index in [1.807, 2.05) is 6.08 Å². The van der Waals surface area contributed by atoms with Gasteiger partial charge in [0.2, 0.25) is 5.91 Å². The van der Waals surface area contributed by atoms with Gasteiger partial charge in [-0.2, -0.15) is 0 Å². The van der Waals surface area contributed by atoms with E-state index in [1.165, 1.54) is 109 Å². The summed E-state index contributed by atoms with van der Waals surface area (Å²) in [5, 5.41) is 54.5. The Labute approximate surface area is 428 Å². The Bertz CT molecular complexity index is 1420. The number of hydrogen-bond acceptors (Lipinski definition) is 8. The molecule has 70 heavy (non-hydrogen) atoms. The maximum Gasteiger partial charge on any atom is 0.220 e. The van der Waals surface area contributed by atoms with Crippen molar-refractivity contribution in [2.24, 2.45) is 0 Å². The summed E-state index contributed by atoms with van der Waals surface area (Å²) in [6.07, 6.45) is 64.6. The van der Waals surface area contributed by atoms with Crippen molar-refractivity contribution in [1.29, 1.82) is 0 Å². The molecular weight excluding hydrogens is 875 g/mol. The summed E-state index contributed by atoms with van der Waals surface area (Å²) in [7, 11) is 0. The molecule has 1 aliphatic heterocycles. The van der Waals surface area contributed by atoms with Gasteiger partial charge in [-0.1, -0.05) is 227 Å². The standard InChI is InChI=1S/C61H105NO8/c1-3-5-7-9-11-13-15-17-19-21-23-25-27-29-30-32-34-36-38-40-42-44-46-48-50-55(64)54(53-69-61-60(68)59(67)58(66)56(52-63)70-61)62-57(65)51-49-47-45-43-41-39-37-35-33-31-28-26-24-22-20-18-16-14-12-10-8-6-4-2/h6,8,12,14,18,20,24,26,31-34,40,42,48,50,54-56,58-61,63-64,66-68H,3-5,7,9-11,13,15-17,19,21-23,25,27-30,35-39,41,43-47,49,51-53H2,1-2H3,(H,62,65)/b8-6-,14-12-,20-18-,26-24-,33-31-,34-32+,42-40+,50-48+. The van der Waals surface area contributed by atoms with Crippen molar-refractivity contribution in [1.82, 2.24) is 5.32 Å². The van der Waals surface area contributed by atoms with Gasteiger partial charge in [0.25, 0.3) is 0 Å². The van der Waals surface area contributed by atoms with Crippen LogP contribution in [0.3, 0.4) is 0 Å². The molecule has 0 spiro atoms. The third-order valence-corrected chi connectivity index (χ3v) is 12.9. The van der Waals surface area contributed by atoms with Gasteiger partial charge in [0.05, 0.1) is 25.4 Å². The van der Waals surface area contributed by atoms with Gasteiger partial charge in [0.1, 0.15) is 24.4 Å². The predicted molar refractivity (Wildman–Crippen MR) is 294 cm³/mol. The Morgan fingerprint density at radius 1 is 0.500 bits per heavy atom. The fourth-order valence-electron chi connectivity index (χ4n) is 8.39. The van der Waals surface area contributed by atoms with Crippen LogP contribution in [0, 0.1) is 0 Å². The lowest BCUT2D eigenvalue weighted by molar-refractivity contribution is -0.302. The molecule has 1 amide bonds. The molecule has 1 heterocycles. The first-order valence-corrected chi connectivity index (χ1v) is 28.5. The van der Waals surface area contributed by atoms with Crippen molar-refractivity contribution >= 4 is 5.91 Å². The van der Waals surface area contributed by atoms with E-state index in [9.17, 15) is 30.3 Å². The number of carbonyl (C=O) groups is 1. The molecule has 1 saturated heterocycles. The van der Waals surface area contributed by atoms with Gasteiger partial charge >= 0.3 is 0 Å². The number of aliphatic hydroxyl groups is 5. The van der Waals surface area contributed by atoms with Gasteiger partial charge in [-0.15, -0.1) is 0 Å². The van der Waals surface area contributed by atoms with Crippen LogP contribution in [0.1, 0.15) is 226 Å². The Balaban J connectivity index is 2.30. The molecule has 9 heteroatoms. The molecule has 0 aromatic heterocycles. The second-order valence-electron chi connectivity index (χ2n) is 19.3. The highest BCUT2D eigenvalue weighted by Gasteiger charge is 2.44. The van der Waals surface area contributed by atoms with Gasteiger partial charge in [-0.05, 0) is 89.9 Å². The van der Waals surface area contributed by atoms with E-state index in [-0.39, 0.29) is 12.5 Å². The molecule has 0 aromatic rings. The summed E-state index contributed by atoms with van der Waals surface area (Å²) in [5.74, 6) is -0.205. The summed E-state index contributed by atoms with van der Waals surface area (Å²) in [4.78, 5) is 13.0. The van der Waals surface area contributed by atoms with Crippen LogP contribution >= 0.6 is 0 Å². The number of aliphatic hydroxyl groups excluding tert-OH is 5. The maximum atomic E-state index is 13.0. The van der Waals surface area contributed by atoms with Crippen molar-refractivity contribution < 1.29 is 39.8 Å². The van der Waals surface area contributed by atoms with Crippen LogP contribution in [-0.4, -0.2) is 87.5 Å². The average molecular weight is 981 g/mol. The SMILES string of the molecule is CC/C=C\C/C=C\C/C=C\C/C=C\C/C=C\CCCCCCCCCC(=O)NC(COC1OC(CO)C(O)C(O)C1O)C(O)/C=C/CC/C=C/CC/C=C/CCCCCCCCCCCCCCCC. The Morgan fingerprint density at radius 2 is 0.900 bits per heavy atom. The quantitative estimate of drug-likeness (QED) is 0.0261. The number of unbranched alkanes of at least 4 members (excludes halogenated alkanes) is 23. The molecule has 0 saturated carbocycles. The minimum Gasteiger partial charge on any atom is -0.394 e. The summed E-state index contributed by atoms with van der Waals surface area (Å²) in [5.41, 5.74) is 0. The van der Waals surface area contributed by atoms with E-state index in [2.05, 4.69) is 104 Å². The van der Waals surface area contributed by atoms with Crippen molar-refractivity contribution in [3.8, 4) is 0 Å². The third kappa shape index (κ3) is 38.7. The van der Waals surface area contributed by atoms with E-state index in [0.717, 1.165) is 96.3 Å². The van der Waals surface area contributed by atoms with Gasteiger partial charge in [0.15, 0.2) is 6.29 Å². The van der Waals surface area contributed by atoms with E-state index >= 15 is 0 Å². The number of carbonyl (C=O) groups excluding carboxylic acids is 1. The molecule has 9 nitrogen and oxygen atoms in total. The minimum atomic E-state index is -1.58. The highest BCUT2D eigenvalue weighted by atomic mass is 16.7. The monoisotopic (exact) mass is 980 g/mol. The zero-order valence-corrected chi connectivity index (χ0v) is 44.5. The maximum absolute atomic E-state index is 13.0. The molecule has 1 aliphatic rings. The molecule has 0 radical (unpaired) electrons. The molecule has 6 N–H and O–H groups in total. The van der Waals surface area contributed by atoms with Crippen molar-refractivity contribution in [2.75, 3.05) is 13.2 Å². The van der Waals surface area contributed by atoms with Crippen LogP contribution in [-0.2, 0) is 14.3 Å². The molecule has 0 bridgehead atoms. The summed E-state index contributed by atoms with van der Waals surface area (Å²) < 4.78 is 11.2. The number of ether oxygens (including phenoxy) is 2. The highest BCUT2D eigenvalue weighted by Crippen LogP contribution is 2.23. The first-order chi connectivity index (χ1) is 34.3. The third-order valence-electron chi connectivity index (χ3n) is 12.9. The van der Waals surface area contributed by atoms with E-state index in [1.54, 1.807) is 6.08 Å². The van der Waals surface area contributed by atoms with Crippen LogP contribution < -0.4 is 5.32 Å². The predicted octanol–water partition coefficient (Wildman–Crippen LogP) is 14.0. The number of hydrogen-bond donors (Lipinski definition) is 6. The zero-order valence-electron chi connectivity index (χ0n) is 44.5. The molecule has 0 aromatic carbocycles. The first kappa shape index (κ1) is 65.1. The first-order valence-electron chi connectivity index (χ1n) is 28.5. The Hall–Kier alpha value is -2.89. The van der Waals surface area contributed by atoms with Gasteiger partial charge in [-0.25, -0.2) is 0 Å². The van der Waals surface area contributed by atoms with Crippen LogP contribution in [0.5, 0.6) is 0 Å². The molecule has 1 fully saturated rings. The molecular formula is C61H105NO8. The zero-order chi connectivity index (χ0) is 50.8. The van der Waals surface area contributed by atoms with Crippen molar-refractivity contribution in [3.05, 3.63) is 97.2 Å². The second kappa shape index (κ2) is 49.7. The minimum absolute atomic E-state index is 0.205. The van der Waals surface area contributed by atoms with Gasteiger partial charge in [0, 0.05) is 6.42 Å². The number of allylic oxidation sites excluding steroid dienone is 15. The number of nitrogens with one attached hydrogen (secondary N) is 1. The average Bonchev–Trinajstić information content (AvgIpc) is 3.36. The molecule has 0 aliphatic carbocycles.